The first-order valence-electron chi connectivity index (χ1n) is 3.62. The highest BCUT2D eigenvalue weighted by Crippen LogP contribution is 2.36. The quantitative estimate of drug-likeness (QED) is 0.781. The summed E-state index contributed by atoms with van der Waals surface area (Å²) >= 11 is 2.89. The molecule has 0 unspecified atom stereocenters. The maximum absolute atomic E-state index is 12.9. The third kappa shape index (κ3) is 2.06. The predicted molar refractivity (Wildman–Crippen MR) is 47.0 cm³/mol. The van der Waals surface area contributed by atoms with E-state index in [9.17, 15) is 17.6 Å². The molecule has 0 atom stereocenters. The molecule has 0 radical (unpaired) electrons. The molecule has 0 aliphatic heterocycles. The van der Waals surface area contributed by atoms with E-state index in [1.54, 1.807) is 0 Å². The molecule has 1 rings (SSSR count). The van der Waals surface area contributed by atoms with E-state index in [2.05, 4.69) is 15.9 Å². The molecule has 0 saturated carbocycles. The topological polar surface area (TPSA) is 26.0 Å². The van der Waals surface area contributed by atoms with Gasteiger partial charge in [0.1, 0.15) is 5.82 Å². The summed E-state index contributed by atoms with van der Waals surface area (Å²) in [4.78, 5) is 0. The zero-order chi connectivity index (χ0) is 10.9. The molecule has 78 valence electrons. The standard InChI is InChI=1S/C8H6BrF4N/c9-5-1-2-6(10)7(4(5)3-14)8(11,12)13/h1-2H,3,14H2. The minimum absolute atomic E-state index is 0.161. The fraction of sp³-hybridized carbons (Fsp3) is 0.250. The van der Waals surface area contributed by atoms with E-state index in [-0.39, 0.29) is 16.6 Å². The number of hydrogen-bond donors (Lipinski definition) is 1. The number of rotatable bonds is 1. The normalized spacial score (nSPS) is 11.9. The second kappa shape index (κ2) is 3.86. The van der Waals surface area contributed by atoms with Crippen LogP contribution < -0.4 is 5.73 Å². The Kier molecular flexibility index (Phi) is 3.16. The largest absolute Gasteiger partial charge is 0.419 e. The minimum Gasteiger partial charge on any atom is -0.326 e. The van der Waals surface area contributed by atoms with Crippen LogP contribution in [0.5, 0.6) is 0 Å². The van der Waals surface area contributed by atoms with E-state index >= 15 is 0 Å². The van der Waals surface area contributed by atoms with Crippen LogP contribution in [0.15, 0.2) is 16.6 Å². The van der Waals surface area contributed by atoms with Crippen molar-refractivity contribution in [2.24, 2.45) is 5.73 Å². The Labute approximate surface area is 86.0 Å². The van der Waals surface area contributed by atoms with Gasteiger partial charge in [0.05, 0.1) is 5.56 Å². The highest BCUT2D eigenvalue weighted by atomic mass is 79.9. The highest BCUT2D eigenvalue weighted by Gasteiger charge is 2.37. The van der Waals surface area contributed by atoms with Crippen LogP contribution in [0.3, 0.4) is 0 Å². The van der Waals surface area contributed by atoms with Crippen LogP contribution in [0.2, 0.25) is 0 Å². The Morgan fingerprint density at radius 2 is 1.86 bits per heavy atom. The molecule has 2 N–H and O–H groups in total. The predicted octanol–water partition coefficient (Wildman–Crippen LogP) is 3.07. The third-order valence-corrected chi connectivity index (χ3v) is 2.44. The molecule has 0 aliphatic carbocycles. The Morgan fingerprint density at radius 1 is 1.29 bits per heavy atom. The molecule has 1 aromatic carbocycles. The SMILES string of the molecule is NCc1c(Br)ccc(F)c1C(F)(F)F. The number of nitrogens with two attached hydrogens (primary N) is 1. The summed E-state index contributed by atoms with van der Waals surface area (Å²) in [7, 11) is 0. The lowest BCUT2D eigenvalue weighted by molar-refractivity contribution is -0.140. The maximum Gasteiger partial charge on any atom is 0.419 e. The van der Waals surface area contributed by atoms with Gasteiger partial charge in [-0.15, -0.1) is 0 Å². The second-order valence-electron chi connectivity index (χ2n) is 2.58. The second-order valence-corrected chi connectivity index (χ2v) is 3.44. The molecule has 0 heterocycles. The lowest BCUT2D eigenvalue weighted by atomic mass is 10.1. The van der Waals surface area contributed by atoms with Crippen molar-refractivity contribution >= 4 is 15.9 Å². The average molecular weight is 272 g/mol. The summed E-state index contributed by atoms with van der Waals surface area (Å²) in [5.41, 5.74) is 3.56. The average Bonchev–Trinajstić information content (AvgIpc) is 2.06. The first-order chi connectivity index (χ1) is 6.38. The minimum atomic E-state index is -4.72. The van der Waals surface area contributed by atoms with Crippen molar-refractivity contribution in [1.82, 2.24) is 0 Å². The Morgan fingerprint density at radius 3 is 2.21 bits per heavy atom. The molecule has 0 aromatic heterocycles. The van der Waals surface area contributed by atoms with E-state index in [1.165, 1.54) is 6.07 Å². The van der Waals surface area contributed by atoms with Gasteiger partial charge in [-0.2, -0.15) is 13.2 Å². The molecule has 1 nitrogen and oxygen atoms in total. The molecule has 0 aliphatic rings. The van der Waals surface area contributed by atoms with Crippen LogP contribution in [-0.2, 0) is 12.7 Å². The fourth-order valence-corrected chi connectivity index (χ4v) is 1.59. The Balaban J connectivity index is 3.46. The third-order valence-electron chi connectivity index (χ3n) is 1.69. The summed E-state index contributed by atoms with van der Waals surface area (Å²) in [6.07, 6.45) is -4.72. The fourth-order valence-electron chi connectivity index (χ4n) is 1.10. The van der Waals surface area contributed by atoms with Gasteiger partial charge < -0.3 is 5.73 Å². The first kappa shape index (κ1) is 11.5. The van der Waals surface area contributed by atoms with Crippen molar-refractivity contribution in [2.75, 3.05) is 0 Å². The summed E-state index contributed by atoms with van der Waals surface area (Å²) in [5, 5.41) is 0. The number of alkyl halides is 3. The van der Waals surface area contributed by atoms with Crippen molar-refractivity contribution in [1.29, 1.82) is 0 Å². The van der Waals surface area contributed by atoms with Crippen molar-refractivity contribution in [3.8, 4) is 0 Å². The van der Waals surface area contributed by atoms with Crippen LogP contribution in [0.25, 0.3) is 0 Å². The van der Waals surface area contributed by atoms with Crippen LogP contribution >= 0.6 is 15.9 Å². The van der Waals surface area contributed by atoms with Gasteiger partial charge in [-0.1, -0.05) is 15.9 Å². The number of hydrogen-bond acceptors (Lipinski definition) is 1. The van der Waals surface area contributed by atoms with E-state index < -0.39 is 17.6 Å². The van der Waals surface area contributed by atoms with Gasteiger partial charge in [0, 0.05) is 11.0 Å². The van der Waals surface area contributed by atoms with Crippen molar-refractivity contribution in [2.45, 2.75) is 12.7 Å². The zero-order valence-corrected chi connectivity index (χ0v) is 8.41. The van der Waals surface area contributed by atoms with Crippen LogP contribution in [0.1, 0.15) is 11.1 Å². The first-order valence-corrected chi connectivity index (χ1v) is 4.41. The molecule has 6 heteroatoms. The van der Waals surface area contributed by atoms with Gasteiger partial charge in [-0.25, -0.2) is 4.39 Å². The summed E-state index contributed by atoms with van der Waals surface area (Å²) < 4.78 is 50.2. The summed E-state index contributed by atoms with van der Waals surface area (Å²) in [5.74, 6) is -1.30. The van der Waals surface area contributed by atoms with Crippen LogP contribution in [0, 0.1) is 5.82 Å². The molecular formula is C8H6BrF4N. The van der Waals surface area contributed by atoms with Gasteiger partial charge in [-0.3, -0.25) is 0 Å². The van der Waals surface area contributed by atoms with Crippen LogP contribution in [-0.4, -0.2) is 0 Å². The molecule has 0 amide bonds. The van der Waals surface area contributed by atoms with Crippen molar-refractivity contribution in [3.63, 3.8) is 0 Å². The molecule has 1 aromatic rings. The highest BCUT2D eigenvalue weighted by molar-refractivity contribution is 9.10. The monoisotopic (exact) mass is 271 g/mol. The van der Waals surface area contributed by atoms with Crippen LogP contribution in [0.4, 0.5) is 17.6 Å². The Bertz CT molecular complexity index is 348. The van der Waals surface area contributed by atoms with Crippen molar-refractivity contribution in [3.05, 3.63) is 33.5 Å². The lowest BCUT2D eigenvalue weighted by Crippen LogP contribution is -2.15. The maximum atomic E-state index is 12.9. The molecule has 0 saturated heterocycles. The smallest absolute Gasteiger partial charge is 0.326 e. The molecule has 0 fully saturated rings. The van der Waals surface area contributed by atoms with E-state index in [1.807, 2.05) is 0 Å². The summed E-state index contributed by atoms with van der Waals surface area (Å²) in [6.45, 7) is -0.368. The van der Waals surface area contributed by atoms with Gasteiger partial charge >= 0.3 is 6.18 Å². The van der Waals surface area contributed by atoms with Gasteiger partial charge in [-0.05, 0) is 17.7 Å². The number of halogens is 5. The molecule has 0 spiro atoms. The van der Waals surface area contributed by atoms with Gasteiger partial charge in [0.2, 0.25) is 0 Å². The zero-order valence-electron chi connectivity index (χ0n) is 6.83. The van der Waals surface area contributed by atoms with Gasteiger partial charge in [0.15, 0.2) is 0 Å². The van der Waals surface area contributed by atoms with Gasteiger partial charge in [0.25, 0.3) is 0 Å². The number of benzene rings is 1. The van der Waals surface area contributed by atoms with E-state index in [4.69, 9.17) is 5.73 Å². The molecule has 14 heavy (non-hydrogen) atoms. The Hall–Kier alpha value is -0.620. The van der Waals surface area contributed by atoms with Crippen molar-refractivity contribution < 1.29 is 17.6 Å². The lowest BCUT2D eigenvalue weighted by Gasteiger charge is -2.13. The molecule has 0 bridgehead atoms. The summed E-state index contributed by atoms with van der Waals surface area (Å²) in [6, 6.07) is 1.96. The van der Waals surface area contributed by atoms with E-state index in [0.29, 0.717) is 0 Å². The molecular weight excluding hydrogens is 266 g/mol. The van der Waals surface area contributed by atoms with E-state index in [0.717, 1.165) is 6.07 Å².